The SMILES string of the molecule is CCc1ccccc1N(CC(=O)N(Cc1ccc(F)cc1)[C@@H](CC)C(=O)NCC(C)C)S(C)(=O)=O. The first-order chi connectivity index (χ1) is 16.5. The first-order valence-electron chi connectivity index (χ1n) is 11.8. The van der Waals surface area contributed by atoms with Crippen LogP contribution in [0, 0.1) is 11.7 Å². The summed E-state index contributed by atoms with van der Waals surface area (Å²) >= 11 is 0. The second-order valence-corrected chi connectivity index (χ2v) is 10.9. The van der Waals surface area contributed by atoms with Gasteiger partial charge in [0.05, 0.1) is 11.9 Å². The van der Waals surface area contributed by atoms with Gasteiger partial charge >= 0.3 is 0 Å². The molecule has 35 heavy (non-hydrogen) atoms. The third-order valence-corrected chi connectivity index (χ3v) is 6.78. The lowest BCUT2D eigenvalue weighted by Gasteiger charge is -2.33. The number of amides is 2. The van der Waals surface area contributed by atoms with E-state index in [4.69, 9.17) is 0 Å². The third-order valence-electron chi connectivity index (χ3n) is 5.66. The van der Waals surface area contributed by atoms with Crippen LogP contribution in [0.5, 0.6) is 0 Å². The lowest BCUT2D eigenvalue weighted by molar-refractivity contribution is -0.140. The summed E-state index contributed by atoms with van der Waals surface area (Å²) in [4.78, 5) is 28.1. The molecule has 2 aromatic rings. The molecule has 0 aromatic heterocycles. The molecule has 0 unspecified atom stereocenters. The van der Waals surface area contributed by atoms with Crippen LogP contribution in [0.15, 0.2) is 48.5 Å². The molecule has 0 aliphatic heterocycles. The summed E-state index contributed by atoms with van der Waals surface area (Å²) in [5.74, 6) is -1.01. The maximum atomic E-state index is 13.7. The Kier molecular flexibility index (Phi) is 10.2. The molecule has 1 atom stereocenters. The molecule has 0 radical (unpaired) electrons. The number of para-hydroxylation sites is 1. The van der Waals surface area contributed by atoms with Crippen molar-refractivity contribution in [2.75, 3.05) is 23.7 Å². The van der Waals surface area contributed by atoms with Gasteiger partial charge < -0.3 is 10.2 Å². The standard InChI is InChI=1S/C26H36FN3O4S/c1-6-21-10-8-9-11-24(21)30(35(5,33)34)18-25(31)29(17-20-12-14-22(27)15-13-20)23(7-2)26(32)28-16-19(3)4/h8-15,19,23H,6-7,16-18H2,1-5H3,(H,28,32)/t23-/m0/s1. The molecule has 0 heterocycles. The Morgan fingerprint density at radius 2 is 1.66 bits per heavy atom. The van der Waals surface area contributed by atoms with Gasteiger partial charge in [-0.2, -0.15) is 0 Å². The number of carbonyl (C=O) groups excluding carboxylic acids is 2. The van der Waals surface area contributed by atoms with Crippen molar-refractivity contribution < 1.29 is 22.4 Å². The fraction of sp³-hybridized carbons (Fsp3) is 0.462. The minimum Gasteiger partial charge on any atom is -0.354 e. The van der Waals surface area contributed by atoms with Gasteiger partial charge in [0.1, 0.15) is 18.4 Å². The number of carbonyl (C=O) groups is 2. The molecular formula is C26H36FN3O4S. The number of hydrogen-bond acceptors (Lipinski definition) is 4. The monoisotopic (exact) mass is 505 g/mol. The third kappa shape index (κ3) is 8.06. The van der Waals surface area contributed by atoms with Crippen LogP contribution in [0.1, 0.15) is 45.2 Å². The zero-order valence-corrected chi connectivity index (χ0v) is 21.9. The van der Waals surface area contributed by atoms with Crippen molar-refractivity contribution in [1.82, 2.24) is 10.2 Å². The highest BCUT2D eigenvalue weighted by molar-refractivity contribution is 7.92. The normalized spacial score (nSPS) is 12.3. The largest absolute Gasteiger partial charge is 0.354 e. The predicted molar refractivity (Wildman–Crippen MR) is 137 cm³/mol. The summed E-state index contributed by atoms with van der Waals surface area (Å²) in [6.45, 7) is 7.69. The maximum Gasteiger partial charge on any atom is 0.244 e. The summed E-state index contributed by atoms with van der Waals surface area (Å²) in [5, 5.41) is 2.87. The second-order valence-electron chi connectivity index (χ2n) is 8.96. The summed E-state index contributed by atoms with van der Waals surface area (Å²) in [6, 6.07) is 11.9. The molecule has 2 amide bonds. The van der Waals surface area contributed by atoms with E-state index >= 15 is 0 Å². The van der Waals surface area contributed by atoms with Gasteiger partial charge in [0, 0.05) is 13.1 Å². The average Bonchev–Trinajstić information content (AvgIpc) is 2.81. The molecule has 0 aliphatic carbocycles. The summed E-state index contributed by atoms with van der Waals surface area (Å²) < 4.78 is 40.0. The lowest BCUT2D eigenvalue weighted by Crippen LogP contribution is -2.52. The molecule has 2 aromatic carbocycles. The highest BCUT2D eigenvalue weighted by Crippen LogP contribution is 2.24. The molecule has 1 N–H and O–H groups in total. The van der Waals surface area contributed by atoms with E-state index in [1.54, 1.807) is 31.2 Å². The Hall–Kier alpha value is -2.94. The Bertz CT molecular complexity index is 1100. The number of rotatable bonds is 12. The quantitative estimate of drug-likeness (QED) is 0.476. The number of benzene rings is 2. The van der Waals surface area contributed by atoms with Crippen LogP contribution in [-0.2, 0) is 32.6 Å². The molecule has 0 bridgehead atoms. The van der Waals surface area contributed by atoms with Gasteiger partial charge in [0.25, 0.3) is 0 Å². The summed E-state index contributed by atoms with van der Waals surface area (Å²) in [6.07, 6.45) is 1.98. The van der Waals surface area contributed by atoms with Crippen LogP contribution < -0.4 is 9.62 Å². The molecule has 9 heteroatoms. The fourth-order valence-corrected chi connectivity index (χ4v) is 4.66. The van der Waals surface area contributed by atoms with Crippen LogP contribution >= 0.6 is 0 Å². The molecule has 7 nitrogen and oxygen atoms in total. The number of nitrogens with one attached hydrogen (secondary N) is 1. The van der Waals surface area contributed by atoms with Crippen molar-refractivity contribution in [2.24, 2.45) is 5.92 Å². The summed E-state index contributed by atoms with van der Waals surface area (Å²) in [5.41, 5.74) is 1.86. The minimum absolute atomic E-state index is 0.0414. The zero-order valence-electron chi connectivity index (χ0n) is 21.1. The molecule has 0 saturated heterocycles. The van der Waals surface area contributed by atoms with Crippen LogP contribution in [0.25, 0.3) is 0 Å². The smallest absolute Gasteiger partial charge is 0.244 e. The maximum absolute atomic E-state index is 13.7. The molecule has 192 valence electrons. The molecule has 0 saturated carbocycles. The van der Waals surface area contributed by atoms with E-state index in [2.05, 4.69) is 5.32 Å². The number of halogens is 1. The Labute approximate surface area is 208 Å². The van der Waals surface area contributed by atoms with Crippen molar-refractivity contribution >= 4 is 27.5 Å². The Morgan fingerprint density at radius 3 is 2.20 bits per heavy atom. The van der Waals surface area contributed by atoms with Gasteiger partial charge in [0.2, 0.25) is 21.8 Å². The number of aryl methyl sites for hydroxylation is 1. The van der Waals surface area contributed by atoms with E-state index in [-0.39, 0.29) is 18.4 Å². The first-order valence-corrected chi connectivity index (χ1v) is 13.7. The molecule has 0 aliphatic rings. The predicted octanol–water partition coefficient (Wildman–Crippen LogP) is 3.73. The van der Waals surface area contributed by atoms with Crippen molar-refractivity contribution in [3.05, 3.63) is 65.5 Å². The zero-order chi connectivity index (χ0) is 26.2. The van der Waals surface area contributed by atoms with Gasteiger partial charge in [-0.3, -0.25) is 13.9 Å². The molecule has 2 rings (SSSR count). The van der Waals surface area contributed by atoms with Crippen LogP contribution in [-0.4, -0.2) is 50.5 Å². The number of anilines is 1. The van der Waals surface area contributed by atoms with Crippen molar-refractivity contribution in [2.45, 2.75) is 53.1 Å². The molecular weight excluding hydrogens is 469 g/mol. The van der Waals surface area contributed by atoms with Gasteiger partial charge in [-0.25, -0.2) is 12.8 Å². The van der Waals surface area contributed by atoms with Crippen molar-refractivity contribution in [3.63, 3.8) is 0 Å². The van der Waals surface area contributed by atoms with Gasteiger partial charge in [-0.1, -0.05) is 58.0 Å². The number of nitrogens with zero attached hydrogens (tertiary/aromatic N) is 2. The van der Waals surface area contributed by atoms with E-state index in [0.717, 1.165) is 16.1 Å². The van der Waals surface area contributed by atoms with Crippen molar-refractivity contribution in [3.8, 4) is 0 Å². The van der Waals surface area contributed by atoms with E-state index in [1.165, 1.54) is 17.0 Å². The van der Waals surface area contributed by atoms with E-state index in [1.807, 2.05) is 32.9 Å². The van der Waals surface area contributed by atoms with Crippen LogP contribution in [0.2, 0.25) is 0 Å². The van der Waals surface area contributed by atoms with Crippen molar-refractivity contribution in [1.29, 1.82) is 0 Å². The van der Waals surface area contributed by atoms with E-state index in [9.17, 15) is 22.4 Å². The van der Waals surface area contributed by atoms with Gasteiger partial charge in [0.15, 0.2) is 0 Å². The van der Waals surface area contributed by atoms with Crippen LogP contribution in [0.4, 0.5) is 10.1 Å². The van der Waals surface area contributed by atoms with E-state index in [0.29, 0.717) is 30.6 Å². The number of hydrogen-bond donors (Lipinski definition) is 1. The lowest BCUT2D eigenvalue weighted by atomic mass is 10.1. The first kappa shape index (κ1) is 28.3. The van der Waals surface area contributed by atoms with Crippen LogP contribution in [0.3, 0.4) is 0 Å². The second kappa shape index (κ2) is 12.7. The minimum atomic E-state index is -3.80. The van der Waals surface area contributed by atoms with E-state index < -0.39 is 34.3 Å². The highest BCUT2D eigenvalue weighted by atomic mass is 32.2. The number of sulfonamides is 1. The highest BCUT2D eigenvalue weighted by Gasteiger charge is 2.32. The average molecular weight is 506 g/mol. The summed E-state index contributed by atoms with van der Waals surface area (Å²) in [7, 11) is -3.80. The molecule has 0 spiro atoms. The fourth-order valence-electron chi connectivity index (χ4n) is 3.78. The Balaban J connectivity index is 2.44. The molecule has 0 fully saturated rings. The topological polar surface area (TPSA) is 86.8 Å². The van der Waals surface area contributed by atoms with Gasteiger partial charge in [-0.05, 0) is 48.1 Å². The van der Waals surface area contributed by atoms with Gasteiger partial charge in [-0.15, -0.1) is 0 Å². The Morgan fingerprint density at radius 1 is 1.03 bits per heavy atom.